The van der Waals surface area contributed by atoms with E-state index in [1.54, 1.807) is 23.5 Å². The zero-order valence-corrected chi connectivity index (χ0v) is 18.4. The highest BCUT2D eigenvalue weighted by molar-refractivity contribution is 5.87. The highest BCUT2D eigenvalue weighted by Gasteiger charge is 2.41. The molecule has 0 bridgehead atoms. The van der Waals surface area contributed by atoms with Gasteiger partial charge in [0.25, 0.3) is 5.91 Å². The summed E-state index contributed by atoms with van der Waals surface area (Å²) in [5.74, 6) is 2.70. The fraction of sp³-hybridized carbons (Fsp3) is 0.304. The number of fused-ring (bicyclic) bond motifs is 2. The summed E-state index contributed by atoms with van der Waals surface area (Å²) in [6, 6.07) is 12.9. The molecule has 0 radical (unpaired) electrons. The van der Waals surface area contributed by atoms with Crippen LogP contribution in [-0.2, 0) is 11.3 Å². The number of hydrazine groups is 1. The third kappa shape index (κ3) is 3.69. The molecule has 34 heavy (non-hydrogen) atoms. The fourth-order valence-corrected chi connectivity index (χ4v) is 4.23. The van der Waals surface area contributed by atoms with Crippen LogP contribution < -0.4 is 19.6 Å². The average Bonchev–Trinajstić information content (AvgIpc) is 3.61. The van der Waals surface area contributed by atoms with Gasteiger partial charge in [0.1, 0.15) is 24.7 Å². The molecule has 1 fully saturated rings. The molecule has 1 saturated heterocycles. The first-order valence-electron chi connectivity index (χ1n) is 11.0. The minimum atomic E-state index is -0.370. The molecule has 2 atom stereocenters. The Labute approximate surface area is 194 Å². The molecule has 1 amide bonds. The van der Waals surface area contributed by atoms with Crippen molar-refractivity contribution in [2.45, 2.75) is 32.0 Å². The van der Waals surface area contributed by atoms with Crippen molar-refractivity contribution in [3.63, 3.8) is 0 Å². The Morgan fingerprint density at radius 1 is 1.15 bits per heavy atom. The van der Waals surface area contributed by atoms with Crippen LogP contribution in [0.15, 0.2) is 52.1 Å². The highest BCUT2D eigenvalue weighted by atomic mass is 16.7. The molecule has 0 saturated carbocycles. The topological polar surface area (TPSA) is 115 Å². The summed E-state index contributed by atoms with van der Waals surface area (Å²) in [6.45, 7) is 2.85. The lowest BCUT2D eigenvalue weighted by Gasteiger charge is -2.29. The first-order valence-corrected chi connectivity index (χ1v) is 11.0. The maximum absolute atomic E-state index is 13.1. The number of nitrogens with zero attached hydrogens (tertiary/aromatic N) is 5. The number of carbonyl (C=O) groups is 1. The van der Waals surface area contributed by atoms with Crippen molar-refractivity contribution in [3.05, 3.63) is 53.9 Å². The number of ether oxygens (including phenoxy) is 3. The molecular formula is C23H22N6O5. The zero-order chi connectivity index (χ0) is 23.1. The molecule has 0 aliphatic carbocycles. The average molecular weight is 462 g/mol. The summed E-state index contributed by atoms with van der Waals surface area (Å²) in [5, 5.41) is 11.4. The summed E-state index contributed by atoms with van der Waals surface area (Å²) in [7, 11) is 0. The second-order valence-corrected chi connectivity index (χ2v) is 8.05. The van der Waals surface area contributed by atoms with E-state index in [9.17, 15) is 4.79 Å². The predicted molar refractivity (Wildman–Crippen MR) is 119 cm³/mol. The Bertz CT molecular complexity index is 1240. The lowest BCUT2D eigenvalue weighted by Crippen LogP contribution is -2.50. The van der Waals surface area contributed by atoms with Crippen molar-refractivity contribution in [3.8, 4) is 28.6 Å². The van der Waals surface area contributed by atoms with Gasteiger partial charge in [0.05, 0.1) is 12.6 Å². The Kier molecular flexibility index (Phi) is 5.02. The number of carbonyl (C=O) groups excluding carboxylic acids is 1. The molecular weight excluding hydrogens is 440 g/mol. The van der Waals surface area contributed by atoms with E-state index in [2.05, 4.69) is 20.7 Å². The standard InChI is InChI=1S/C23H22N6O5/c1-2-31-16-6-3-14(4-7-16)17-10-18-23(30)28(24-12-29(18)26-17)11-21-25-22(27-34-21)15-5-8-19-20(9-15)33-13-32-19/h3-9,12,17-18,26H,2,10-11,13H2,1H3. The van der Waals surface area contributed by atoms with Crippen LogP contribution in [0.3, 0.4) is 0 Å². The molecule has 6 rings (SSSR count). The van der Waals surface area contributed by atoms with Crippen LogP contribution in [0.2, 0.25) is 0 Å². The van der Waals surface area contributed by atoms with Gasteiger partial charge in [-0.25, -0.2) is 10.4 Å². The summed E-state index contributed by atoms with van der Waals surface area (Å²) >= 11 is 0. The van der Waals surface area contributed by atoms with Gasteiger partial charge in [-0.15, -0.1) is 0 Å². The Hall–Kier alpha value is -4.12. The quantitative estimate of drug-likeness (QED) is 0.590. The van der Waals surface area contributed by atoms with E-state index < -0.39 is 0 Å². The van der Waals surface area contributed by atoms with Gasteiger partial charge in [0.15, 0.2) is 11.5 Å². The van der Waals surface area contributed by atoms with Crippen LogP contribution in [0, 0.1) is 0 Å². The van der Waals surface area contributed by atoms with Gasteiger partial charge in [0.2, 0.25) is 18.5 Å². The normalized spacial score (nSPS) is 20.7. The van der Waals surface area contributed by atoms with E-state index in [1.807, 2.05) is 37.3 Å². The molecule has 3 aromatic rings. The highest BCUT2D eigenvalue weighted by Crippen LogP contribution is 2.35. The Morgan fingerprint density at radius 2 is 2.00 bits per heavy atom. The number of benzene rings is 2. The minimum absolute atomic E-state index is 0.00274. The number of aromatic nitrogens is 2. The molecule has 2 aromatic carbocycles. The van der Waals surface area contributed by atoms with Gasteiger partial charge in [-0.2, -0.15) is 10.1 Å². The van der Waals surface area contributed by atoms with Gasteiger partial charge in [-0.1, -0.05) is 17.3 Å². The summed E-state index contributed by atoms with van der Waals surface area (Å²) in [5.41, 5.74) is 5.16. The lowest BCUT2D eigenvalue weighted by atomic mass is 10.0. The third-order valence-corrected chi connectivity index (χ3v) is 5.93. The summed E-state index contributed by atoms with van der Waals surface area (Å²) in [4.78, 5) is 17.5. The van der Waals surface area contributed by atoms with Crippen LogP contribution in [0.1, 0.15) is 30.8 Å². The molecule has 0 spiro atoms. The smallest absolute Gasteiger partial charge is 0.267 e. The third-order valence-electron chi connectivity index (χ3n) is 5.93. The number of hydrazone groups is 1. The molecule has 174 valence electrons. The largest absolute Gasteiger partial charge is 0.494 e. The number of hydrogen-bond acceptors (Lipinski definition) is 10. The molecule has 11 nitrogen and oxygen atoms in total. The maximum atomic E-state index is 13.1. The van der Waals surface area contributed by atoms with Crippen LogP contribution >= 0.6 is 0 Å². The van der Waals surface area contributed by atoms with Crippen molar-refractivity contribution in [1.82, 2.24) is 25.6 Å². The van der Waals surface area contributed by atoms with Crippen LogP contribution in [0.5, 0.6) is 17.2 Å². The first-order chi connectivity index (χ1) is 16.7. The van der Waals surface area contributed by atoms with E-state index >= 15 is 0 Å². The number of nitrogens with one attached hydrogen (secondary N) is 1. The maximum Gasteiger partial charge on any atom is 0.267 e. The number of hydrogen-bond donors (Lipinski definition) is 1. The fourth-order valence-electron chi connectivity index (χ4n) is 4.23. The minimum Gasteiger partial charge on any atom is -0.494 e. The van der Waals surface area contributed by atoms with E-state index in [0.717, 1.165) is 16.9 Å². The van der Waals surface area contributed by atoms with Crippen molar-refractivity contribution < 1.29 is 23.5 Å². The lowest BCUT2D eigenvalue weighted by molar-refractivity contribution is -0.137. The van der Waals surface area contributed by atoms with Gasteiger partial charge >= 0.3 is 0 Å². The van der Waals surface area contributed by atoms with E-state index in [0.29, 0.717) is 36.2 Å². The Morgan fingerprint density at radius 3 is 2.85 bits per heavy atom. The Balaban J connectivity index is 1.12. The zero-order valence-electron chi connectivity index (χ0n) is 18.4. The molecule has 11 heteroatoms. The summed E-state index contributed by atoms with van der Waals surface area (Å²) in [6.07, 6.45) is 2.23. The molecule has 4 heterocycles. The molecule has 1 N–H and O–H groups in total. The van der Waals surface area contributed by atoms with E-state index in [-0.39, 0.29) is 31.3 Å². The predicted octanol–water partition coefficient (Wildman–Crippen LogP) is 2.47. The van der Waals surface area contributed by atoms with Crippen molar-refractivity contribution in [1.29, 1.82) is 0 Å². The van der Waals surface area contributed by atoms with Gasteiger partial charge in [-0.05, 0) is 49.2 Å². The van der Waals surface area contributed by atoms with Crippen LogP contribution in [0.4, 0.5) is 0 Å². The van der Waals surface area contributed by atoms with Crippen LogP contribution in [0.25, 0.3) is 11.4 Å². The molecule has 1 aromatic heterocycles. The van der Waals surface area contributed by atoms with Gasteiger partial charge < -0.3 is 18.7 Å². The van der Waals surface area contributed by atoms with Gasteiger partial charge in [0, 0.05) is 5.56 Å². The molecule has 2 unspecified atom stereocenters. The molecule has 3 aliphatic rings. The van der Waals surface area contributed by atoms with Gasteiger partial charge in [-0.3, -0.25) is 9.80 Å². The molecule has 3 aliphatic heterocycles. The van der Waals surface area contributed by atoms with Crippen molar-refractivity contribution in [2.24, 2.45) is 5.10 Å². The monoisotopic (exact) mass is 462 g/mol. The first kappa shape index (κ1) is 20.5. The van der Waals surface area contributed by atoms with E-state index in [1.165, 1.54) is 5.01 Å². The van der Waals surface area contributed by atoms with E-state index in [4.69, 9.17) is 18.7 Å². The second kappa shape index (κ2) is 8.34. The number of amides is 1. The van der Waals surface area contributed by atoms with Crippen LogP contribution in [-0.4, -0.2) is 51.8 Å². The second-order valence-electron chi connectivity index (χ2n) is 8.05. The van der Waals surface area contributed by atoms with Crippen molar-refractivity contribution in [2.75, 3.05) is 13.4 Å². The van der Waals surface area contributed by atoms with Crippen molar-refractivity contribution >= 4 is 12.2 Å². The SMILES string of the molecule is CCOc1ccc(C2CC3C(=O)N(Cc4nc(-c5ccc6c(c5)OCO6)no4)N=CN3N2)cc1. The number of rotatable bonds is 6. The summed E-state index contributed by atoms with van der Waals surface area (Å²) < 4.78 is 21.6.